The molecule has 27 heavy (non-hydrogen) atoms. The number of nitrogens with zero attached hydrogens (tertiary/aromatic N) is 3. The molecule has 2 N–H and O–H groups in total. The highest BCUT2D eigenvalue weighted by atomic mass is 32.1. The number of rotatable bonds is 9. The molecule has 0 fully saturated rings. The first-order valence-corrected chi connectivity index (χ1v) is 10.5. The van der Waals surface area contributed by atoms with Crippen molar-refractivity contribution in [3.05, 3.63) is 51.5 Å². The summed E-state index contributed by atoms with van der Waals surface area (Å²) in [4.78, 5) is 12.7. The van der Waals surface area contributed by atoms with Gasteiger partial charge in [0.25, 0.3) is 0 Å². The van der Waals surface area contributed by atoms with Crippen molar-refractivity contribution in [2.45, 2.75) is 46.7 Å². The van der Waals surface area contributed by atoms with Gasteiger partial charge >= 0.3 is 0 Å². The van der Waals surface area contributed by atoms with Crippen LogP contribution in [0, 0.1) is 13.8 Å². The molecule has 0 amide bonds. The number of likely N-dealkylation sites (N-methyl/N-ethyl adjacent to an activating group) is 1. The van der Waals surface area contributed by atoms with Crippen molar-refractivity contribution in [2.24, 2.45) is 4.99 Å². The number of thiazole rings is 1. The molecule has 0 aliphatic heterocycles. The van der Waals surface area contributed by atoms with Crippen molar-refractivity contribution >= 4 is 17.3 Å². The topological polar surface area (TPSA) is 52.5 Å². The monoisotopic (exact) mass is 387 g/mol. The van der Waals surface area contributed by atoms with Gasteiger partial charge in [0.15, 0.2) is 5.96 Å². The molecular formula is C21H33N5S. The van der Waals surface area contributed by atoms with Gasteiger partial charge in [-0.05, 0) is 38.9 Å². The average Bonchev–Trinajstić information content (AvgIpc) is 3.00. The van der Waals surface area contributed by atoms with E-state index in [1.165, 1.54) is 10.4 Å². The first kappa shape index (κ1) is 21.4. The van der Waals surface area contributed by atoms with Gasteiger partial charge in [0.2, 0.25) is 0 Å². The van der Waals surface area contributed by atoms with Crippen LogP contribution >= 0.6 is 11.3 Å². The lowest BCUT2D eigenvalue weighted by molar-refractivity contribution is 0.215. The molecule has 2 aromatic rings. The third-order valence-corrected chi connectivity index (χ3v) is 5.86. The second-order valence-electron chi connectivity index (χ2n) is 6.61. The molecule has 0 aliphatic carbocycles. The Morgan fingerprint density at radius 1 is 1.15 bits per heavy atom. The van der Waals surface area contributed by atoms with Crippen molar-refractivity contribution in [1.29, 1.82) is 0 Å². The van der Waals surface area contributed by atoms with Crippen LogP contribution in [0.15, 0.2) is 35.3 Å². The Bertz CT molecular complexity index is 707. The Kier molecular flexibility index (Phi) is 8.75. The van der Waals surface area contributed by atoms with E-state index >= 15 is 0 Å². The molecule has 0 spiro atoms. The molecule has 0 radical (unpaired) electrons. The second kappa shape index (κ2) is 11.0. The molecule has 1 aromatic heterocycles. The molecule has 148 valence electrons. The van der Waals surface area contributed by atoms with Gasteiger partial charge in [-0.25, -0.2) is 4.98 Å². The number of hydrogen-bond acceptors (Lipinski definition) is 4. The fourth-order valence-corrected chi connectivity index (χ4v) is 4.17. The summed E-state index contributed by atoms with van der Waals surface area (Å²) in [6.45, 7) is 12.3. The highest BCUT2D eigenvalue weighted by Crippen LogP contribution is 2.16. The first-order chi connectivity index (χ1) is 13.1. The van der Waals surface area contributed by atoms with Crippen molar-refractivity contribution in [2.75, 3.05) is 26.7 Å². The van der Waals surface area contributed by atoms with Gasteiger partial charge in [0, 0.05) is 24.5 Å². The minimum absolute atomic E-state index is 0.424. The summed E-state index contributed by atoms with van der Waals surface area (Å²) >= 11 is 1.74. The summed E-state index contributed by atoms with van der Waals surface area (Å²) in [6, 6.07) is 11.1. The van der Waals surface area contributed by atoms with Crippen molar-refractivity contribution in [3.8, 4) is 0 Å². The zero-order valence-corrected chi connectivity index (χ0v) is 18.1. The van der Waals surface area contributed by atoms with E-state index in [9.17, 15) is 0 Å². The highest BCUT2D eigenvalue weighted by Gasteiger charge is 2.17. The number of nitrogens with one attached hydrogen (secondary N) is 2. The molecule has 0 saturated carbocycles. The predicted molar refractivity (Wildman–Crippen MR) is 117 cm³/mol. The normalized spacial score (nSPS) is 13.0. The first-order valence-electron chi connectivity index (χ1n) is 9.72. The molecule has 5 nitrogen and oxygen atoms in total. The number of hydrogen-bond donors (Lipinski definition) is 2. The SMILES string of the molecule is CCN(CC)C(CNC(=NC)NCc1sc(C)nc1C)Cc1ccccc1. The Hall–Kier alpha value is -1.92. The molecule has 2 rings (SSSR count). The molecule has 1 unspecified atom stereocenters. The van der Waals surface area contributed by atoms with Crippen LogP contribution in [-0.4, -0.2) is 48.6 Å². The van der Waals surface area contributed by atoms with E-state index in [2.05, 4.69) is 76.6 Å². The van der Waals surface area contributed by atoms with E-state index in [4.69, 9.17) is 0 Å². The van der Waals surface area contributed by atoms with E-state index in [1.807, 2.05) is 14.0 Å². The van der Waals surface area contributed by atoms with E-state index in [0.29, 0.717) is 6.04 Å². The maximum atomic E-state index is 4.49. The van der Waals surface area contributed by atoms with Crippen LogP contribution in [0.25, 0.3) is 0 Å². The van der Waals surface area contributed by atoms with Gasteiger partial charge in [0.05, 0.1) is 17.2 Å². The Labute approximate surface area is 167 Å². The predicted octanol–water partition coefficient (Wildman–Crippen LogP) is 3.38. The van der Waals surface area contributed by atoms with Crippen LogP contribution in [0.3, 0.4) is 0 Å². The van der Waals surface area contributed by atoms with Crippen LogP contribution in [0.5, 0.6) is 0 Å². The molecular weight excluding hydrogens is 354 g/mol. The lowest BCUT2D eigenvalue weighted by atomic mass is 10.0. The van der Waals surface area contributed by atoms with Gasteiger partial charge < -0.3 is 10.6 Å². The van der Waals surface area contributed by atoms with Crippen LogP contribution in [-0.2, 0) is 13.0 Å². The minimum Gasteiger partial charge on any atom is -0.355 e. The number of aromatic nitrogens is 1. The van der Waals surface area contributed by atoms with Gasteiger partial charge in [-0.2, -0.15) is 0 Å². The van der Waals surface area contributed by atoms with E-state index in [-0.39, 0.29) is 0 Å². The molecule has 0 saturated heterocycles. The summed E-state index contributed by atoms with van der Waals surface area (Å²) in [7, 11) is 1.82. The number of aryl methyl sites for hydroxylation is 2. The molecule has 0 bridgehead atoms. The fourth-order valence-electron chi connectivity index (χ4n) is 3.29. The van der Waals surface area contributed by atoms with Crippen LogP contribution in [0.1, 0.15) is 35.0 Å². The summed E-state index contributed by atoms with van der Waals surface area (Å²) < 4.78 is 0. The largest absolute Gasteiger partial charge is 0.355 e. The van der Waals surface area contributed by atoms with E-state index in [0.717, 1.165) is 49.3 Å². The molecule has 1 atom stereocenters. The maximum absolute atomic E-state index is 4.49. The number of aliphatic imine (C=N–C) groups is 1. The second-order valence-corrected chi connectivity index (χ2v) is 7.90. The summed E-state index contributed by atoms with van der Waals surface area (Å²) in [5.74, 6) is 0.839. The van der Waals surface area contributed by atoms with Gasteiger partial charge in [0.1, 0.15) is 0 Å². The Morgan fingerprint density at radius 3 is 2.41 bits per heavy atom. The Balaban J connectivity index is 1.95. The zero-order valence-electron chi connectivity index (χ0n) is 17.2. The Morgan fingerprint density at radius 2 is 1.85 bits per heavy atom. The molecule has 1 heterocycles. The smallest absolute Gasteiger partial charge is 0.191 e. The maximum Gasteiger partial charge on any atom is 0.191 e. The van der Waals surface area contributed by atoms with Crippen LogP contribution < -0.4 is 10.6 Å². The number of benzene rings is 1. The highest BCUT2D eigenvalue weighted by molar-refractivity contribution is 7.11. The lowest BCUT2D eigenvalue weighted by Gasteiger charge is -2.30. The average molecular weight is 388 g/mol. The molecule has 0 aliphatic rings. The third kappa shape index (κ3) is 6.63. The van der Waals surface area contributed by atoms with Crippen molar-refractivity contribution < 1.29 is 0 Å². The minimum atomic E-state index is 0.424. The van der Waals surface area contributed by atoms with Gasteiger partial charge in [-0.3, -0.25) is 9.89 Å². The molecule has 6 heteroatoms. The summed E-state index contributed by atoms with van der Waals surface area (Å²) in [5.41, 5.74) is 2.47. The van der Waals surface area contributed by atoms with Crippen LogP contribution in [0.2, 0.25) is 0 Å². The number of guanidine groups is 1. The van der Waals surface area contributed by atoms with E-state index in [1.54, 1.807) is 11.3 Å². The molecule has 1 aromatic carbocycles. The van der Waals surface area contributed by atoms with Gasteiger partial charge in [-0.15, -0.1) is 11.3 Å². The summed E-state index contributed by atoms with van der Waals surface area (Å²) in [5, 5.41) is 8.05. The summed E-state index contributed by atoms with van der Waals surface area (Å²) in [6.07, 6.45) is 1.03. The lowest BCUT2D eigenvalue weighted by Crippen LogP contribution is -2.48. The van der Waals surface area contributed by atoms with Crippen molar-refractivity contribution in [1.82, 2.24) is 20.5 Å². The standard InChI is InChI=1S/C21H33N5S/c1-6-26(7-2)19(13-18-11-9-8-10-12-18)14-23-21(22-5)24-15-20-16(3)25-17(4)27-20/h8-12,19H,6-7,13-15H2,1-5H3,(H2,22,23,24). The van der Waals surface area contributed by atoms with E-state index < -0.39 is 0 Å². The quantitative estimate of drug-likeness (QED) is 0.512. The van der Waals surface area contributed by atoms with Crippen LogP contribution in [0.4, 0.5) is 0 Å². The van der Waals surface area contributed by atoms with Crippen molar-refractivity contribution in [3.63, 3.8) is 0 Å². The third-order valence-electron chi connectivity index (χ3n) is 4.79. The zero-order chi connectivity index (χ0) is 19.6. The fraction of sp³-hybridized carbons (Fsp3) is 0.524. The van der Waals surface area contributed by atoms with Gasteiger partial charge in [-0.1, -0.05) is 44.2 Å².